The molecule has 29 heavy (non-hydrogen) atoms. The zero-order valence-electron chi connectivity index (χ0n) is 16.4. The van der Waals surface area contributed by atoms with Crippen LogP contribution in [0.5, 0.6) is 0 Å². The lowest BCUT2D eigenvalue weighted by atomic mass is 10.0. The van der Waals surface area contributed by atoms with Crippen molar-refractivity contribution in [2.45, 2.75) is 13.3 Å². The molecule has 0 aliphatic carbocycles. The highest BCUT2D eigenvalue weighted by molar-refractivity contribution is 8.18. The molecule has 0 atom stereocenters. The van der Waals surface area contributed by atoms with Gasteiger partial charge in [0.15, 0.2) is 0 Å². The standard InChI is InChI=1S/C21H21NO6S/c1-13-15(6-4-7-16(13)20(24)27-3)17-9-8-14(28-17)12-18-19(23)22(21(25)29-18)10-5-11-26-2/h4,6-9,12H,5,10-11H2,1-3H3/b18-12+. The summed E-state index contributed by atoms with van der Waals surface area (Å²) in [5, 5.41) is -0.300. The van der Waals surface area contributed by atoms with Gasteiger partial charge in [-0.05, 0) is 48.9 Å². The van der Waals surface area contributed by atoms with Crippen molar-refractivity contribution in [1.82, 2.24) is 4.90 Å². The van der Waals surface area contributed by atoms with E-state index in [1.807, 2.05) is 13.0 Å². The molecule has 1 aromatic heterocycles. The van der Waals surface area contributed by atoms with Crippen LogP contribution in [0.3, 0.4) is 0 Å². The minimum atomic E-state index is -0.418. The zero-order chi connectivity index (χ0) is 21.0. The number of benzene rings is 1. The molecule has 0 N–H and O–H groups in total. The summed E-state index contributed by atoms with van der Waals surface area (Å²) in [7, 11) is 2.91. The number of nitrogens with zero attached hydrogens (tertiary/aromatic N) is 1. The van der Waals surface area contributed by atoms with Gasteiger partial charge in [0.2, 0.25) is 0 Å². The molecule has 7 nitrogen and oxygen atoms in total. The summed E-state index contributed by atoms with van der Waals surface area (Å²) in [6, 6.07) is 8.76. The van der Waals surface area contributed by atoms with E-state index in [9.17, 15) is 14.4 Å². The second-order valence-electron chi connectivity index (χ2n) is 6.35. The third-order valence-corrected chi connectivity index (χ3v) is 5.42. The Hall–Kier alpha value is -2.84. The maximum Gasteiger partial charge on any atom is 0.338 e. The third-order valence-electron chi connectivity index (χ3n) is 4.51. The van der Waals surface area contributed by atoms with Crippen LogP contribution < -0.4 is 0 Å². The Morgan fingerprint density at radius 2 is 2.00 bits per heavy atom. The van der Waals surface area contributed by atoms with E-state index in [1.54, 1.807) is 37.5 Å². The van der Waals surface area contributed by atoms with Gasteiger partial charge in [0.1, 0.15) is 11.5 Å². The number of carbonyl (C=O) groups excluding carboxylic acids is 3. The minimum absolute atomic E-state index is 0.300. The van der Waals surface area contributed by atoms with Gasteiger partial charge in [-0.1, -0.05) is 12.1 Å². The SMILES string of the molecule is COCCCN1C(=O)S/C(=C/c2ccc(-c3cccc(C(=O)OC)c3C)o2)C1=O. The van der Waals surface area contributed by atoms with Crippen LogP contribution in [0.1, 0.15) is 28.1 Å². The average Bonchev–Trinajstić information content (AvgIpc) is 3.27. The van der Waals surface area contributed by atoms with E-state index in [4.69, 9.17) is 13.9 Å². The van der Waals surface area contributed by atoms with Gasteiger partial charge in [0.25, 0.3) is 11.1 Å². The molecule has 2 aromatic rings. The van der Waals surface area contributed by atoms with Crippen molar-refractivity contribution in [3.05, 3.63) is 52.1 Å². The first-order valence-electron chi connectivity index (χ1n) is 8.98. The first-order valence-corrected chi connectivity index (χ1v) is 9.80. The molecule has 8 heteroatoms. The first-order chi connectivity index (χ1) is 14.0. The lowest BCUT2D eigenvalue weighted by molar-refractivity contribution is -0.122. The number of esters is 1. The maximum absolute atomic E-state index is 12.5. The lowest BCUT2D eigenvalue weighted by Crippen LogP contribution is -2.29. The van der Waals surface area contributed by atoms with Crippen LogP contribution in [-0.4, -0.2) is 49.4 Å². The predicted molar refractivity (Wildman–Crippen MR) is 109 cm³/mol. The van der Waals surface area contributed by atoms with Crippen LogP contribution in [-0.2, 0) is 14.3 Å². The quantitative estimate of drug-likeness (QED) is 0.382. The summed E-state index contributed by atoms with van der Waals surface area (Å²) in [6.07, 6.45) is 2.15. The van der Waals surface area contributed by atoms with Crippen molar-refractivity contribution >= 4 is 35.0 Å². The van der Waals surface area contributed by atoms with E-state index >= 15 is 0 Å². The molecular weight excluding hydrogens is 394 g/mol. The zero-order valence-corrected chi connectivity index (χ0v) is 17.2. The number of amides is 2. The number of rotatable bonds is 7. The lowest BCUT2D eigenvalue weighted by Gasteiger charge is -2.11. The molecule has 2 heterocycles. The smallest absolute Gasteiger partial charge is 0.338 e. The van der Waals surface area contributed by atoms with Crippen LogP contribution in [0, 0.1) is 6.92 Å². The Morgan fingerprint density at radius 1 is 1.21 bits per heavy atom. The fourth-order valence-electron chi connectivity index (χ4n) is 3.00. The number of ether oxygens (including phenoxy) is 2. The number of furan rings is 1. The van der Waals surface area contributed by atoms with Crippen LogP contribution in [0.15, 0.2) is 39.7 Å². The summed E-state index contributed by atoms with van der Waals surface area (Å²) in [4.78, 5) is 38.0. The van der Waals surface area contributed by atoms with Crippen LogP contribution >= 0.6 is 11.8 Å². The first kappa shape index (κ1) is 20.9. The van der Waals surface area contributed by atoms with Gasteiger partial charge in [0, 0.05) is 31.9 Å². The largest absolute Gasteiger partial charge is 0.465 e. The summed E-state index contributed by atoms with van der Waals surface area (Å²) < 4.78 is 15.6. The molecular formula is C21H21NO6S. The van der Waals surface area contributed by atoms with Gasteiger partial charge in [-0.25, -0.2) is 4.79 Å². The Kier molecular flexibility index (Phi) is 6.56. The van der Waals surface area contributed by atoms with Gasteiger partial charge in [-0.2, -0.15) is 0 Å². The molecule has 0 spiro atoms. The highest BCUT2D eigenvalue weighted by Crippen LogP contribution is 2.34. The van der Waals surface area contributed by atoms with Crippen molar-refractivity contribution < 1.29 is 28.3 Å². The number of hydrogen-bond acceptors (Lipinski definition) is 7. The molecule has 0 bridgehead atoms. The predicted octanol–water partition coefficient (Wildman–Crippen LogP) is 4.11. The second-order valence-corrected chi connectivity index (χ2v) is 7.34. The summed E-state index contributed by atoms with van der Waals surface area (Å²) >= 11 is 0.889. The van der Waals surface area contributed by atoms with Crippen molar-refractivity contribution in [1.29, 1.82) is 0 Å². The molecule has 2 amide bonds. The number of methoxy groups -OCH3 is 2. The second kappa shape index (κ2) is 9.11. The van der Waals surface area contributed by atoms with Crippen molar-refractivity contribution in [3.8, 4) is 11.3 Å². The molecule has 0 saturated carbocycles. The molecule has 1 aromatic carbocycles. The van der Waals surface area contributed by atoms with Gasteiger partial charge < -0.3 is 13.9 Å². The summed E-state index contributed by atoms with van der Waals surface area (Å²) in [5.74, 6) is 0.250. The summed E-state index contributed by atoms with van der Waals surface area (Å²) in [6.45, 7) is 2.61. The highest BCUT2D eigenvalue weighted by atomic mass is 32.2. The molecule has 152 valence electrons. The molecule has 0 unspecified atom stereocenters. The number of carbonyl (C=O) groups is 3. The van der Waals surface area contributed by atoms with Crippen molar-refractivity contribution in [3.63, 3.8) is 0 Å². The third kappa shape index (κ3) is 4.44. The number of hydrogen-bond donors (Lipinski definition) is 0. The van der Waals surface area contributed by atoms with Gasteiger partial charge >= 0.3 is 5.97 Å². The Bertz CT molecular complexity index is 977. The van der Waals surface area contributed by atoms with Crippen molar-refractivity contribution in [2.24, 2.45) is 0 Å². The van der Waals surface area contributed by atoms with E-state index in [1.165, 1.54) is 12.0 Å². The van der Waals surface area contributed by atoms with Gasteiger partial charge in [-0.15, -0.1) is 0 Å². The molecule has 1 aliphatic rings. The number of thioether (sulfide) groups is 1. The fraction of sp³-hybridized carbons (Fsp3) is 0.286. The molecule has 1 aliphatic heterocycles. The Morgan fingerprint density at radius 3 is 2.72 bits per heavy atom. The molecule has 0 radical (unpaired) electrons. The molecule has 1 fully saturated rings. The summed E-state index contributed by atoms with van der Waals surface area (Å²) in [5.41, 5.74) is 1.94. The molecule has 1 saturated heterocycles. The van der Waals surface area contributed by atoms with Crippen molar-refractivity contribution in [2.75, 3.05) is 27.4 Å². The van der Waals surface area contributed by atoms with E-state index in [0.717, 1.165) is 22.9 Å². The monoisotopic (exact) mass is 415 g/mol. The maximum atomic E-state index is 12.5. The highest BCUT2D eigenvalue weighted by Gasteiger charge is 2.34. The van der Waals surface area contributed by atoms with Crippen LogP contribution in [0.2, 0.25) is 0 Å². The van der Waals surface area contributed by atoms with E-state index in [-0.39, 0.29) is 11.1 Å². The molecule has 3 rings (SSSR count). The van der Waals surface area contributed by atoms with E-state index < -0.39 is 5.97 Å². The Labute approximate surface area is 172 Å². The average molecular weight is 415 g/mol. The van der Waals surface area contributed by atoms with E-state index in [2.05, 4.69) is 0 Å². The number of imide groups is 1. The van der Waals surface area contributed by atoms with Gasteiger partial charge in [0.05, 0.1) is 17.6 Å². The van der Waals surface area contributed by atoms with E-state index in [0.29, 0.717) is 41.6 Å². The fourth-order valence-corrected chi connectivity index (χ4v) is 3.84. The van der Waals surface area contributed by atoms with Crippen LogP contribution in [0.25, 0.3) is 17.4 Å². The van der Waals surface area contributed by atoms with Crippen LogP contribution in [0.4, 0.5) is 4.79 Å². The topological polar surface area (TPSA) is 86.1 Å². The minimum Gasteiger partial charge on any atom is -0.465 e. The Balaban J connectivity index is 1.82. The van der Waals surface area contributed by atoms with Gasteiger partial charge in [-0.3, -0.25) is 14.5 Å². The normalized spacial score (nSPS) is 15.4.